The number of halogens is 2. The van der Waals surface area contributed by atoms with E-state index in [9.17, 15) is 14.7 Å². The van der Waals surface area contributed by atoms with E-state index < -0.39 is 17.7 Å². The maximum Gasteiger partial charge on any atom is 0.295 e. The highest BCUT2D eigenvalue weighted by atomic mass is 35.5. The molecule has 0 bridgehead atoms. The van der Waals surface area contributed by atoms with Gasteiger partial charge in [-0.3, -0.25) is 14.5 Å². The Balaban J connectivity index is 1.57. The van der Waals surface area contributed by atoms with Crippen LogP contribution in [0, 0.1) is 13.8 Å². The lowest BCUT2D eigenvalue weighted by Gasteiger charge is -2.29. The third-order valence-corrected chi connectivity index (χ3v) is 7.82. The molecular formula is C27H28Cl2N4O4. The number of carbonyl (C=O) groups excluding carboxylic acids is 2. The number of aromatic nitrogens is 2. The summed E-state index contributed by atoms with van der Waals surface area (Å²) < 4.78 is 7.27. The number of fused-ring (bicyclic) bond motifs is 1. The summed E-state index contributed by atoms with van der Waals surface area (Å²) in [4.78, 5) is 35.1. The number of rotatable bonds is 6. The van der Waals surface area contributed by atoms with Crippen molar-refractivity contribution in [2.24, 2.45) is 0 Å². The molecule has 2 aliphatic heterocycles. The zero-order valence-corrected chi connectivity index (χ0v) is 22.2. The molecule has 2 fully saturated rings. The van der Waals surface area contributed by atoms with Crippen LogP contribution in [0.1, 0.15) is 35.0 Å². The molecule has 37 heavy (non-hydrogen) atoms. The van der Waals surface area contributed by atoms with E-state index in [1.165, 1.54) is 4.90 Å². The summed E-state index contributed by atoms with van der Waals surface area (Å²) in [6, 6.07) is 8.01. The minimum atomic E-state index is -0.815. The summed E-state index contributed by atoms with van der Waals surface area (Å²) in [5, 5.41) is 12.2. The summed E-state index contributed by atoms with van der Waals surface area (Å²) in [5.74, 6) is -1.70. The van der Waals surface area contributed by atoms with Gasteiger partial charge < -0.3 is 19.1 Å². The fraction of sp³-hybridized carbons (Fsp3) is 0.370. The minimum Gasteiger partial charge on any atom is -0.505 e. The molecule has 1 atom stereocenters. The van der Waals surface area contributed by atoms with Crippen LogP contribution in [-0.4, -0.2) is 75.4 Å². The number of amides is 1. The maximum atomic E-state index is 13.4. The predicted molar refractivity (Wildman–Crippen MR) is 142 cm³/mol. The fourth-order valence-corrected chi connectivity index (χ4v) is 5.41. The van der Waals surface area contributed by atoms with Gasteiger partial charge >= 0.3 is 0 Å². The lowest BCUT2D eigenvalue weighted by Crippen LogP contribution is -2.38. The SMILES string of the molecule is Cc1cccn2c(C)c(/C(O)=C3\C(=O)C(=O)N(CCCN4CCOCC4)C3c3ccc(Cl)c(Cl)c3)nc12. The molecule has 2 aromatic heterocycles. The summed E-state index contributed by atoms with van der Waals surface area (Å²) in [6.07, 6.45) is 2.51. The second-order valence-corrected chi connectivity index (χ2v) is 10.2. The van der Waals surface area contributed by atoms with E-state index in [2.05, 4.69) is 9.88 Å². The van der Waals surface area contributed by atoms with Crippen LogP contribution in [0.5, 0.6) is 0 Å². The van der Waals surface area contributed by atoms with Crippen molar-refractivity contribution in [3.63, 3.8) is 0 Å². The van der Waals surface area contributed by atoms with E-state index in [0.717, 1.165) is 25.2 Å². The maximum absolute atomic E-state index is 13.4. The molecule has 10 heteroatoms. The highest BCUT2D eigenvalue weighted by Gasteiger charge is 2.46. The van der Waals surface area contributed by atoms with Gasteiger partial charge in [-0.2, -0.15) is 0 Å². The number of hydrogen-bond acceptors (Lipinski definition) is 6. The standard InChI is InChI=1S/C27H28Cl2N4O4/c1-16-5-3-9-32-17(2)22(30-26(16)32)24(34)21-23(18-6-7-19(28)20(29)15-18)33(27(36)25(21)35)10-4-8-31-11-13-37-14-12-31/h3,5-7,9,15,23,34H,4,8,10-14H2,1-2H3/b24-21+. The van der Waals surface area contributed by atoms with Gasteiger partial charge in [0.25, 0.3) is 11.7 Å². The highest BCUT2D eigenvalue weighted by molar-refractivity contribution is 6.46. The molecule has 1 unspecified atom stereocenters. The zero-order valence-electron chi connectivity index (χ0n) is 20.7. The number of Topliss-reactive ketones (excluding diaryl/α,β-unsaturated/α-hetero) is 1. The Morgan fingerprint density at radius 3 is 2.57 bits per heavy atom. The molecule has 1 amide bonds. The van der Waals surface area contributed by atoms with Gasteiger partial charge in [0.1, 0.15) is 11.3 Å². The molecule has 4 heterocycles. The smallest absolute Gasteiger partial charge is 0.295 e. The third-order valence-electron chi connectivity index (χ3n) is 7.08. The molecule has 194 valence electrons. The predicted octanol–water partition coefficient (Wildman–Crippen LogP) is 4.40. The van der Waals surface area contributed by atoms with E-state index in [1.54, 1.807) is 18.2 Å². The highest BCUT2D eigenvalue weighted by Crippen LogP contribution is 2.41. The number of hydrogen-bond donors (Lipinski definition) is 1. The molecule has 0 saturated carbocycles. The Morgan fingerprint density at radius 1 is 1.11 bits per heavy atom. The third kappa shape index (κ3) is 4.75. The van der Waals surface area contributed by atoms with Crippen LogP contribution in [0.15, 0.2) is 42.1 Å². The van der Waals surface area contributed by atoms with E-state index in [4.69, 9.17) is 27.9 Å². The largest absolute Gasteiger partial charge is 0.505 e. The van der Waals surface area contributed by atoms with Crippen LogP contribution in [-0.2, 0) is 14.3 Å². The molecule has 2 saturated heterocycles. The Hall–Kier alpha value is -2.91. The molecule has 2 aliphatic rings. The topological polar surface area (TPSA) is 87.4 Å². The van der Waals surface area contributed by atoms with E-state index in [0.29, 0.717) is 53.1 Å². The van der Waals surface area contributed by atoms with Crippen LogP contribution >= 0.6 is 23.2 Å². The monoisotopic (exact) mass is 542 g/mol. The zero-order chi connectivity index (χ0) is 26.3. The average Bonchev–Trinajstić information content (AvgIpc) is 3.36. The summed E-state index contributed by atoms with van der Waals surface area (Å²) in [7, 11) is 0. The number of pyridine rings is 1. The van der Waals surface area contributed by atoms with Gasteiger partial charge in [0.05, 0.1) is 40.6 Å². The molecule has 8 nitrogen and oxygen atoms in total. The number of nitrogens with zero attached hydrogens (tertiary/aromatic N) is 4. The Morgan fingerprint density at radius 2 is 1.86 bits per heavy atom. The Kier molecular flexibility index (Phi) is 7.27. The van der Waals surface area contributed by atoms with E-state index in [-0.39, 0.29) is 17.0 Å². The summed E-state index contributed by atoms with van der Waals surface area (Å²) in [6.45, 7) is 7.90. The second-order valence-electron chi connectivity index (χ2n) is 9.40. The van der Waals surface area contributed by atoms with Gasteiger partial charge in [0.15, 0.2) is 5.76 Å². The number of ketones is 1. The van der Waals surface area contributed by atoms with Crippen molar-refractivity contribution in [3.05, 3.63) is 74.7 Å². The van der Waals surface area contributed by atoms with Crippen molar-refractivity contribution in [3.8, 4) is 0 Å². The molecular weight excluding hydrogens is 515 g/mol. The van der Waals surface area contributed by atoms with Crippen molar-refractivity contribution < 1.29 is 19.4 Å². The lowest BCUT2D eigenvalue weighted by molar-refractivity contribution is -0.140. The lowest BCUT2D eigenvalue weighted by atomic mass is 9.96. The van der Waals surface area contributed by atoms with Gasteiger partial charge in [0.2, 0.25) is 0 Å². The summed E-state index contributed by atoms with van der Waals surface area (Å²) in [5.41, 5.74) is 3.13. The molecule has 5 rings (SSSR count). The second kappa shape index (κ2) is 10.5. The number of carbonyl (C=O) groups is 2. The molecule has 0 spiro atoms. The molecule has 0 radical (unpaired) electrons. The first kappa shape index (κ1) is 25.7. The average molecular weight is 543 g/mol. The van der Waals surface area contributed by atoms with Crippen LogP contribution in [0.2, 0.25) is 10.0 Å². The van der Waals surface area contributed by atoms with Gasteiger partial charge in [-0.25, -0.2) is 4.98 Å². The summed E-state index contributed by atoms with van der Waals surface area (Å²) >= 11 is 12.5. The number of benzene rings is 1. The van der Waals surface area contributed by atoms with Gasteiger partial charge in [0, 0.05) is 32.4 Å². The van der Waals surface area contributed by atoms with Crippen molar-refractivity contribution in [2.75, 3.05) is 39.4 Å². The van der Waals surface area contributed by atoms with Crippen molar-refractivity contribution in [1.82, 2.24) is 19.2 Å². The molecule has 1 aromatic carbocycles. The fourth-order valence-electron chi connectivity index (χ4n) is 5.10. The van der Waals surface area contributed by atoms with Gasteiger partial charge in [-0.1, -0.05) is 35.3 Å². The van der Waals surface area contributed by atoms with E-state index in [1.807, 2.05) is 36.6 Å². The molecule has 1 N–H and O–H groups in total. The number of morpholine rings is 1. The first-order valence-corrected chi connectivity index (χ1v) is 13.0. The first-order valence-electron chi connectivity index (χ1n) is 12.3. The van der Waals surface area contributed by atoms with Gasteiger partial charge in [-0.05, 0) is 49.6 Å². The van der Waals surface area contributed by atoms with Crippen LogP contribution in [0.25, 0.3) is 11.4 Å². The first-order chi connectivity index (χ1) is 17.8. The van der Waals surface area contributed by atoms with Crippen LogP contribution in [0.4, 0.5) is 0 Å². The Bertz CT molecular complexity index is 1410. The van der Waals surface area contributed by atoms with E-state index >= 15 is 0 Å². The number of aryl methyl sites for hydroxylation is 2. The minimum absolute atomic E-state index is 0.000999. The number of imidazole rings is 1. The number of aliphatic hydroxyl groups is 1. The van der Waals surface area contributed by atoms with Crippen molar-refractivity contribution in [2.45, 2.75) is 26.3 Å². The van der Waals surface area contributed by atoms with Crippen LogP contribution < -0.4 is 0 Å². The Labute approximate surface area is 225 Å². The normalized spacial score (nSPS) is 20.3. The molecule has 0 aliphatic carbocycles. The van der Waals surface area contributed by atoms with Gasteiger partial charge in [-0.15, -0.1) is 0 Å². The van der Waals surface area contributed by atoms with Crippen LogP contribution in [0.3, 0.4) is 0 Å². The number of ether oxygens (including phenoxy) is 1. The number of likely N-dealkylation sites (tertiary alicyclic amines) is 1. The quantitative estimate of drug-likeness (QED) is 0.282. The number of aliphatic hydroxyl groups excluding tert-OH is 1. The molecule has 3 aromatic rings. The van der Waals surface area contributed by atoms with Crippen molar-refractivity contribution in [1.29, 1.82) is 0 Å². The van der Waals surface area contributed by atoms with Crippen molar-refractivity contribution >= 4 is 46.3 Å².